The number of rotatable bonds is 4. The second-order valence-electron chi connectivity index (χ2n) is 4.17. The first-order valence-electron chi connectivity index (χ1n) is 5.12. The highest BCUT2D eigenvalue weighted by atomic mass is 16.1. The molecule has 1 aliphatic rings. The van der Waals surface area contributed by atoms with Gasteiger partial charge in [-0.05, 0) is 26.8 Å². The van der Waals surface area contributed by atoms with Crippen LogP contribution in [0.2, 0.25) is 0 Å². The van der Waals surface area contributed by atoms with Crippen molar-refractivity contribution in [1.82, 2.24) is 10.6 Å². The summed E-state index contributed by atoms with van der Waals surface area (Å²) in [5, 5.41) is 6.09. The summed E-state index contributed by atoms with van der Waals surface area (Å²) >= 11 is 0. The summed E-state index contributed by atoms with van der Waals surface area (Å²) in [5.74, 6) is 0.179. The van der Waals surface area contributed by atoms with E-state index >= 15 is 0 Å². The molecule has 0 radical (unpaired) electrons. The number of hydrogen-bond donors (Lipinski definition) is 2. The molecular weight excluding hydrogens is 164 g/mol. The predicted molar refractivity (Wildman–Crippen MR) is 53.6 cm³/mol. The molecule has 0 saturated heterocycles. The summed E-state index contributed by atoms with van der Waals surface area (Å²) in [6, 6.07) is 0. The molecule has 0 aliphatic heterocycles. The van der Waals surface area contributed by atoms with E-state index in [4.69, 9.17) is 0 Å². The maximum absolute atomic E-state index is 11.4. The molecule has 76 valence electrons. The standard InChI is InChI=1S/C10H20N2O/c1-10(6-3-4-7-10)12-9(13)5-8-11-2/h11H,3-8H2,1-2H3,(H,12,13). The Morgan fingerprint density at radius 3 is 2.54 bits per heavy atom. The topological polar surface area (TPSA) is 41.1 Å². The van der Waals surface area contributed by atoms with Crippen LogP contribution >= 0.6 is 0 Å². The van der Waals surface area contributed by atoms with Crippen LogP contribution in [0.4, 0.5) is 0 Å². The van der Waals surface area contributed by atoms with E-state index in [9.17, 15) is 4.79 Å². The summed E-state index contributed by atoms with van der Waals surface area (Å²) in [7, 11) is 1.87. The summed E-state index contributed by atoms with van der Waals surface area (Å²) in [5.41, 5.74) is 0.0881. The van der Waals surface area contributed by atoms with Crippen LogP contribution in [0, 0.1) is 0 Å². The highest BCUT2D eigenvalue weighted by Gasteiger charge is 2.29. The van der Waals surface area contributed by atoms with Crippen molar-refractivity contribution in [2.75, 3.05) is 13.6 Å². The van der Waals surface area contributed by atoms with E-state index < -0.39 is 0 Å². The van der Waals surface area contributed by atoms with Gasteiger partial charge in [0, 0.05) is 18.5 Å². The zero-order valence-electron chi connectivity index (χ0n) is 8.65. The molecule has 1 rings (SSSR count). The molecule has 0 unspecified atom stereocenters. The summed E-state index contributed by atoms with van der Waals surface area (Å²) in [6.45, 7) is 2.92. The monoisotopic (exact) mass is 184 g/mol. The Morgan fingerprint density at radius 1 is 1.38 bits per heavy atom. The van der Waals surface area contributed by atoms with Crippen LogP contribution in [0.15, 0.2) is 0 Å². The van der Waals surface area contributed by atoms with E-state index in [2.05, 4.69) is 17.6 Å². The van der Waals surface area contributed by atoms with Gasteiger partial charge in [-0.2, -0.15) is 0 Å². The normalized spacial score (nSPS) is 20.2. The lowest BCUT2D eigenvalue weighted by Gasteiger charge is -2.25. The Bertz CT molecular complexity index is 174. The number of amides is 1. The Kier molecular flexibility index (Phi) is 3.72. The summed E-state index contributed by atoms with van der Waals surface area (Å²) in [4.78, 5) is 11.4. The largest absolute Gasteiger partial charge is 0.351 e. The number of carbonyl (C=O) groups is 1. The summed E-state index contributed by atoms with van der Waals surface area (Å²) < 4.78 is 0. The zero-order chi connectivity index (χ0) is 9.73. The molecule has 1 saturated carbocycles. The third-order valence-electron chi connectivity index (χ3n) is 2.75. The Balaban J connectivity index is 2.26. The molecule has 0 aromatic carbocycles. The molecule has 3 nitrogen and oxygen atoms in total. The van der Waals surface area contributed by atoms with Gasteiger partial charge in [0.05, 0.1) is 0 Å². The van der Waals surface area contributed by atoms with Gasteiger partial charge in [-0.3, -0.25) is 4.79 Å². The third-order valence-corrected chi connectivity index (χ3v) is 2.75. The Morgan fingerprint density at radius 2 is 2.00 bits per heavy atom. The van der Waals surface area contributed by atoms with Gasteiger partial charge in [0.25, 0.3) is 0 Å². The minimum absolute atomic E-state index is 0.0881. The average Bonchev–Trinajstić information content (AvgIpc) is 2.48. The van der Waals surface area contributed by atoms with E-state index in [-0.39, 0.29) is 11.4 Å². The van der Waals surface area contributed by atoms with Crippen molar-refractivity contribution >= 4 is 5.91 Å². The molecule has 0 aromatic heterocycles. The maximum atomic E-state index is 11.4. The molecule has 13 heavy (non-hydrogen) atoms. The Hall–Kier alpha value is -0.570. The fourth-order valence-electron chi connectivity index (χ4n) is 1.92. The molecule has 1 amide bonds. The average molecular weight is 184 g/mol. The van der Waals surface area contributed by atoms with Gasteiger partial charge in [0.15, 0.2) is 0 Å². The van der Waals surface area contributed by atoms with E-state index in [0.717, 1.165) is 19.4 Å². The first kappa shape index (κ1) is 10.5. The second-order valence-corrected chi connectivity index (χ2v) is 4.17. The summed E-state index contributed by atoms with van der Waals surface area (Å²) in [6.07, 6.45) is 5.37. The van der Waals surface area contributed by atoms with Crippen molar-refractivity contribution < 1.29 is 4.79 Å². The van der Waals surface area contributed by atoms with Crippen molar-refractivity contribution in [3.63, 3.8) is 0 Å². The highest BCUT2D eigenvalue weighted by Crippen LogP contribution is 2.28. The van der Waals surface area contributed by atoms with Gasteiger partial charge >= 0.3 is 0 Å². The van der Waals surface area contributed by atoms with Crippen LogP contribution in [0.1, 0.15) is 39.0 Å². The van der Waals surface area contributed by atoms with Crippen molar-refractivity contribution in [3.05, 3.63) is 0 Å². The maximum Gasteiger partial charge on any atom is 0.221 e. The highest BCUT2D eigenvalue weighted by molar-refractivity contribution is 5.76. The molecule has 2 N–H and O–H groups in total. The lowest BCUT2D eigenvalue weighted by Crippen LogP contribution is -2.44. The predicted octanol–water partition coefficient (Wildman–Crippen LogP) is 1.04. The van der Waals surface area contributed by atoms with Crippen LogP contribution < -0.4 is 10.6 Å². The van der Waals surface area contributed by atoms with Crippen LogP contribution in [0.25, 0.3) is 0 Å². The van der Waals surface area contributed by atoms with Gasteiger partial charge in [-0.1, -0.05) is 12.8 Å². The first-order chi connectivity index (χ1) is 6.16. The van der Waals surface area contributed by atoms with Gasteiger partial charge in [-0.25, -0.2) is 0 Å². The molecule has 0 atom stereocenters. The molecule has 0 heterocycles. The van der Waals surface area contributed by atoms with E-state index in [1.807, 2.05) is 7.05 Å². The first-order valence-corrected chi connectivity index (χ1v) is 5.12. The molecule has 1 aliphatic carbocycles. The van der Waals surface area contributed by atoms with Gasteiger partial charge in [0.1, 0.15) is 0 Å². The number of nitrogens with one attached hydrogen (secondary N) is 2. The molecule has 0 spiro atoms. The molecule has 0 bridgehead atoms. The molecule has 0 aromatic rings. The van der Waals surface area contributed by atoms with Gasteiger partial charge in [-0.15, -0.1) is 0 Å². The second kappa shape index (κ2) is 4.61. The van der Waals surface area contributed by atoms with Crippen molar-refractivity contribution in [3.8, 4) is 0 Å². The minimum atomic E-state index is 0.0881. The molecule has 3 heteroatoms. The van der Waals surface area contributed by atoms with Gasteiger partial charge < -0.3 is 10.6 Å². The lowest BCUT2D eigenvalue weighted by atomic mass is 10.0. The fourth-order valence-corrected chi connectivity index (χ4v) is 1.92. The lowest BCUT2D eigenvalue weighted by molar-refractivity contribution is -0.122. The van der Waals surface area contributed by atoms with Crippen LogP contribution in [-0.4, -0.2) is 25.0 Å². The third kappa shape index (κ3) is 3.35. The smallest absolute Gasteiger partial charge is 0.221 e. The van der Waals surface area contributed by atoms with Gasteiger partial charge in [0.2, 0.25) is 5.91 Å². The minimum Gasteiger partial charge on any atom is -0.351 e. The van der Waals surface area contributed by atoms with E-state index in [0.29, 0.717) is 6.42 Å². The number of carbonyl (C=O) groups excluding carboxylic acids is 1. The number of hydrogen-bond acceptors (Lipinski definition) is 2. The fraction of sp³-hybridized carbons (Fsp3) is 0.900. The van der Waals surface area contributed by atoms with E-state index in [1.165, 1.54) is 12.8 Å². The quantitative estimate of drug-likeness (QED) is 0.685. The molecular formula is C10H20N2O. The Labute approximate surface area is 80.3 Å². The van der Waals surface area contributed by atoms with E-state index in [1.54, 1.807) is 0 Å². The zero-order valence-corrected chi connectivity index (χ0v) is 8.65. The van der Waals surface area contributed by atoms with Crippen molar-refractivity contribution in [2.45, 2.75) is 44.6 Å². The van der Waals surface area contributed by atoms with Crippen molar-refractivity contribution in [2.24, 2.45) is 0 Å². The van der Waals surface area contributed by atoms with Crippen LogP contribution in [0.5, 0.6) is 0 Å². The van der Waals surface area contributed by atoms with Crippen molar-refractivity contribution in [1.29, 1.82) is 0 Å². The SMILES string of the molecule is CNCCC(=O)NC1(C)CCCC1. The molecule has 1 fully saturated rings. The van der Waals surface area contributed by atoms with Crippen LogP contribution in [-0.2, 0) is 4.79 Å². The van der Waals surface area contributed by atoms with Crippen LogP contribution in [0.3, 0.4) is 0 Å².